The molecule has 0 spiro atoms. The molecule has 144 valence electrons. The zero-order valence-electron chi connectivity index (χ0n) is 14.8. The Balaban J connectivity index is 1.83. The smallest absolute Gasteiger partial charge is 0.197 e. The number of aromatic amines is 1. The number of carbonyl (C=O) groups excluding carboxylic acids is 1. The van der Waals surface area contributed by atoms with E-state index in [1.165, 1.54) is 42.9 Å². The van der Waals surface area contributed by atoms with Crippen molar-refractivity contribution in [3.63, 3.8) is 0 Å². The number of H-pyrrole nitrogens is 1. The molecule has 3 aromatic heterocycles. The standard InChI is InChI=1S/C21H13F3N4O/c22-16-4-1-3-12(18(16)24)14(8-25)20(29)15-10-28-21-13(15)7-11(9-27-21)19-17(23)5-2-6-26-19/h1-10H,25H2,(H,27,28). The van der Waals surface area contributed by atoms with Crippen LogP contribution in [0.25, 0.3) is 27.9 Å². The first-order chi connectivity index (χ1) is 14.0. The maximum atomic E-state index is 14.2. The summed E-state index contributed by atoms with van der Waals surface area (Å²) in [6.45, 7) is 0. The van der Waals surface area contributed by atoms with Crippen LogP contribution in [0.1, 0.15) is 15.9 Å². The predicted octanol–water partition coefficient (Wildman–Crippen LogP) is 4.22. The Hall–Kier alpha value is -3.94. The summed E-state index contributed by atoms with van der Waals surface area (Å²) in [6.07, 6.45) is 5.17. The summed E-state index contributed by atoms with van der Waals surface area (Å²) in [5, 5.41) is 0.369. The molecule has 0 atom stereocenters. The number of nitrogens with two attached hydrogens (primary N) is 1. The molecule has 0 aliphatic rings. The van der Waals surface area contributed by atoms with E-state index in [1.54, 1.807) is 6.07 Å². The lowest BCUT2D eigenvalue weighted by atomic mass is 9.96. The fourth-order valence-corrected chi connectivity index (χ4v) is 3.06. The first-order valence-corrected chi connectivity index (χ1v) is 8.50. The van der Waals surface area contributed by atoms with Crippen molar-refractivity contribution in [2.45, 2.75) is 0 Å². The highest BCUT2D eigenvalue weighted by Crippen LogP contribution is 2.29. The normalized spacial score (nSPS) is 11.8. The molecule has 0 saturated carbocycles. The minimum absolute atomic E-state index is 0.0762. The van der Waals surface area contributed by atoms with Crippen LogP contribution in [0.2, 0.25) is 0 Å². The Morgan fingerprint density at radius 2 is 1.83 bits per heavy atom. The van der Waals surface area contributed by atoms with Gasteiger partial charge in [-0.1, -0.05) is 12.1 Å². The van der Waals surface area contributed by atoms with Gasteiger partial charge in [-0.05, 0) is 24.3 Å². The highest BCUT2D eigenvalue weighted by Gasteiger charge is 2.22. The molecular weight excluding hydrogens is 381 g/mol. The van der Waals surface area contributed by atoms with E-state index < -0.39 is 23.2 Å². The Labute approximate surface area is 162 Å². The van der Waals surface area contributed by atoms with Crippen molar-refractivity contribution >= 4 is 22.4 Å². The van der Waals surface area contributed by atoms with Gasteiger partial charge in [-0.2, -0.15) is 0 Å². The molecule has 3 N–H and O–H groups in total. The van der Waals surface area contributed by atoms with Gasteiger partial charge in [0.05, 0.1) is 0 Å². The molecule has 0 unspecified atom stereocenters. The third-order valence-electron chi connectivity index (χ3n) is 4.46. The molecule has 0 fully saturated rings. The van der Waals surface area contributed by atoms with Gasteiger partial charge in [-0.3, -0.25) is 9.78 Å². The molecule has 4 aromatic rings. The zero-order chi connectivity index (χ0) is 20.5. The molecule has 3 heterocycles. The van der Waals surface area contributed by atoms with Gasteiger partial charge in [0.1, 0.15) is 17.2 Å². The van der Waals surface area contributed by atoms with E-state index in [0.717, 1.165) is 12.3 Å². The average molecular weight is 394 g/mol. The van der Waals surface area contributed by atoms with Gasteiger partial charge in [-0.25, -0.2) is 18.2 Å². The van der Waals surface area contributed by atoms with E-state index in [9.17, 15) is 18.0 Å². The number of allylic oxidation sites excluding steroid dienone is 1. The Morgan fingerprint density at radius 1 is 1.03 bits per heavy atom. The number of aromatic nitrogens is 3. The van der Waals surface area contributed by atoms with Gasteiger partial charge in [0, 0.05) is 52.4 Å². The third kappa shape index (κ3) is 3.14. The van der Waals surface area contributed by atoms with Gasteiger partial charge >= 0.3 is 0 Å². The second-order valence-corrected chi connectivity index (χ2v) is 6.17. The monoisotopic (exact) mass is 394 g/mol. The van der Waals surface area contributed by atoms with Crippen molar-refractivity contribution in [2.24, 2.45) is 5.73 Å². The molecule has 0 bridgehead atoms. The first kappa shape index (κ1) is 18.4. The third-order valence-corrected chi connectivity index (χ3v) is 4.46. The summed E-state index contributed by atoms with van der Waals surface area (Å²) < 4.78 is 41.9. The minimum atomic E-state index is -1.17. The number of halogens is 3. The Kier molecular flexibility index (Phi) is 4.59. The maximum absolute atomic E-state index is 14.2. The first-order valence-electron chi connectivity index (χ1n) is 8.50. The van der Waals surface area contributed by atoms with E-state index in [1.807, 2.05) is 0 Å². The zero-order valence-corrected chi connectivity index (χ0v) is 14.8. The van der Waals surface area contributed by atoms with Crippen molar-refractivity contribution in [1.82, 2.24) is 15.0 Å². The van der Waals surface area contributed by atoms with Crippen LogP contribution in [0.5, 0.6) is 0 Å². The van der Waals surface area contributed by atoms with Crippen molar-refractivity contribution in [1.29, 1.82) is 0 Å². The lowest BCUT2D eigenvalue weighted by molar-refractivity contribution is 0.105. The summed E-state index contributed by atoms with van der Waals surface area (Å²) >= 11 is 0. The van der Waals surface area contributed by atoms with Crippen LogP contribution in [0.3, 0.4) is 0 Å². The molecule has 0 aliphatic heterocycles. The lowest BCUT2D eigenvalue weighted by Gasteiger charge is -2.08. The van der Waals surface area contributed by atoms with Crippen molar-refractivity contribution < 1.29 is 18.0 Å². The minimum Gasteiger partial charge on any atom is -0.404 e. The van der Waals surface area contributed by atoms with Crippen LogP contribution in [0, 0.1) is 17.5 Å². The second-order valence-electron chi connectivity index (χ2n) is 6.17. The number of hydrogen-bond donors (Lipinski definition) is 2. The molecular formula is C21H13F3N4O. The van der Waals surface area contributed by atoms with Gasteiger partial charge in [0.25, 0.3) is 0 Å². The fourth-order valence-electron chi connectivity index (χ4n) is 3.06. The van der Waals surface area contributed by atoms with Gasteiger partial charge in [-0.15, -0.1) is 0 Å². The molecule has 1 aromatic carbocycles. The van der Waals surface area contributed by atoms with Crippen LogP contribution in [0.4, 0.5) is 13.2 Å². The van der Waals surface area contributed by atoms with Gasteiger partial charge in [0.15, 0.2) is 17.4 Å². The number of Topliss-reactive ketones (excluding diaryl/α,β-unsaturated/α-hetero) is 1. The number of ketones is 1. The number of fused-ring (bicyclic) bond motifs is 1. The number of nitrogens with zero attached hydrogens (tertiary/aromatic N) is 2. The number of benzene rings is 1. The number of hydrogen-bond acceptors (Lipinski definition) is 4. The second kappa shape index (κ2) is 7.23. The Bertz CT molecular complexity index is 1280. The van der Waals surface area contributed by atoms with Crippen LogP contribution < -0.4 is 5.73 Å². The molecule has 8 heteroatoms. The molecule has 4 rings (SSSR count). The quantitative estimate of drug-likeness (QED) is 0.401. The highest BCUT2D eigenvalue weighted by molar-refractivity contribution is 6.32. The lowest BCUT2D eigenvalue weighted by Crippen LogP contribution is -2.07. The van der Waals surface area contributed by atoms with Crippen molar-refractivity contribution in [3.8, 4) is 11.3 Å². The van der Waals surface area contributed by atoms with E-state index >= 15 is 0 Å². The molecule has 0 radical (unpaired) electrons. The van der Waals surface area contributed by atoms with E-state index in [-0.39, 0.29) is 22.4 Å². The van der Waals surface area contributed by atoms with E-state index in [2.05, 4.69) is 15.0 Å². The largest absolute Gasteiger partial charge is 0.404 e. The van der Waals surface area contributed by atoms with E-state index in [0.29, 0.717) is 16.6 Å². The number of carbonyl (C=O) groups is 1. The Morgan fingerprint density at radius 3 is 2.59 bits per heavy atom. The topological polar surface area (TPSA) is 84.7 Å². The van der Waals surface area contributed by atoms with Crippen LogP contribution in [0.15, 0.2) is 61.2 Å². The number of pyridine rings is 2. The van der Waals surface area contributed by atoms with Crippen LogP contribution in [-0.4, -0.2) is 20.7 Å². The summed E-state index contributed by atoms with van der Waals surface area (Å²) in [5.41, 5.74) is 6.02. The van der Waals surface area contributed by atoms with E-state index in [4.69, 9.17) is 5.73 Å². The van der Waals surface area contributed by atoms with Gasteiger partial charge < -0.3 is 10.7 Å². The molecule has 5 nitrogen and oxygen atoms in total. The highest BCUT2D eigenvalue weighted by atomic mass is 19.2. The number of nitrogens with one attached hydrogen (secondary N) is 1. The van der Waals surface area contributed by atoms with Crippen molar-refractivity contribution in [2.75, 3.05) is 0 Å². The predicted molar refractivity (Wildman–Crippen MR) is 102 cm³/mol. The summed E-state index contributed by atoms with van der Waals surface area (Å²) in [4.78, 5) is 24.1. The molecule has 0 saturated heterocycles. The molecule has 29 heavy (non-hydrogen) atoms. The van der Waals surface area contributed by atoms with Crippen molar-refractivity contribution in [3.05, 3.63) is 89.8 Å². The van der Waals surface area contributed by atoms with Crippen LogP contribution in [-0.2, 0) is 0 Å². The summed E-state index contributed by atoms with van der Waals surface area (Å²) in [7, 11) is 0. The SMILES string of the molecule is NC=C(C(=O)c1c[nH]c2ncc(-c3ncccc3F)cc12)c1cccc(F)c1F. The maximum Gasteiger partial charge on any atom is 0.197 e. The van der Waals surface area contributed by atoms with Crippen LogP contribution >= 0.6 is 0 Å². The van der Waals surface area contributed by atoms with Gasteiger partial charge in [0.2, 0.25) is 0 Å². The molecule has 0 aliphatic carbocycles. The molecule has 0 amide bonds. The average Bonchev–Trinajstić information content (AvgIpc) is 3.15. The number of rotatable bonds is 4. The fraction of sp³-hybridized carbons (Fsp3) is 0. The summed E-state index contributed by atoms with van der Waals surface area (Å²) in [6, 6.07) is 7.76. The summed E-state index contributed by atoms with van der Waals surface area (Å²) in [5.74, 6) is -3.44.